The Kier molecular flexibility index (Phi) is 4.95. The molecule has 1 aromatic heterocycles. The van der Waals surface area contributed by atoms with Crippen LogP contribution < -0.4 is 10.6 Å². The number of anilines is 2. The van der Waals surface area contributed by atoms with Gasteiger partial charge in [-0.3, -0.25) is 4.79 Å². The van der Waals surface area contributed by atoms with E-state index in [4.69, 9.17) is 0 Å². The van der Waals surface area contributed by atoms with Crippen molar-refractivity contribution in [3.63, 3.8) is 0 Å². The first-order chi connectivity index (χ1) is 13.5. The highest BCUT2D eigenvalue weighted by Crippen LogP contribution is 2.28. The second-order valence-corrected chi connectivity index (χ2v) is 7.28. The molecule has 0 radical (unpaired) electrons. The highest BCUT2D eigenvalue weighted by Gasteiger charge is 2.34. The highest BCUT2D eigenvalue weighted by molar-refractivity contribution is 5.96. The summed E-state index contributed by atoms with van der Waals surface area (Å²) in [7, 11) is 0. The van der Waals surface area contributed by atoms with E-state index in [9.17, 15) is 19.1 Å². The number of nitrogens with zero attached hydrogens (tertiary/aromatic N) is 2. The lowest BCUT2D eigenvalue weighted by molar-refractivity contribution is 0.0620. The molecule has 4 heterocycles. The fraction of sp³-hybridized carbons (Fsp3) is 0.350. The van der Waals surface area contributed by atoms with E-state index in [-0.39, 0.29) is 23.3 Å². The largest absolute Gasteiger partial charge is 0.478 e. The van der Waals surface area contributed by atoms with Gasteiger partial charge in [0.05, 0.1) is 6.20 Å². The van der Waals surface area contributed by atoms with Crippen LogP contribution in [0.2, 0.25) is 0 Å². The minimum atomic E-state index is -1.29. The number of aromatic carboxylic acids is 1. The predicted octanol–water partition coefficient (Wildman–Crippen LogP) is 2.49. The van der Waals surface area contributed by atoms with Crippen molar-refractivity contribution in [1.29, 1.82) is 0 Å². The molecule has 0 spiro atoms. The quantitative estimate of drug-likeness (QED) is 0.733. The van der Waals surface area contributed by atoms with Crippen molar-refractivity contribution in [2.45, 2.75) is 18.9 Å². The average molecular weight is 384 g/mol. The van der Waals surface area contributed by atoms with Gasteiger partial charge in [0.2, 0.25) is 0 Å². The zero-order valence-corrected chi connectivity index (χ0v) is 15.2. The van der Waals surface area contributed by atoms with Crippen LogP contribution in [-0.4, -0.2) is 52.5 Å². The molecule has 0 aliphatic carbocycles. The van der Waals surface area contributed by atoms with Crippen molar-refractivity contribution < 1.29 is 19.1 Å². The number of halogens is 1. The Morgan fingerprint density at radius 1 is 1.21 bits per heavy atom. The third-order valence-corrected chi connectivity index (χ3v) is 5.44. The molecule has 3 N–H and O–H groups in total. The first-order valence-electron chi connectivity index (χ1n) is 9.29. The zero-order valence-electron chi connectivity index (χ0n) is 15.2. The highest BCUT2D eigenvalue weighted by atomic mass is 19.1. The summed E-state index contributed by atoms with van der Waals surface area (Å²) >= 11 is 0. The number of carbonyl (C=O) groups excluding carboxylic acids is 1. The molecule has 3 aliphatic rings. The molecular formula is C20H21FN4O3. The number of carbonyl (C=O) groups is 2. The Hall–Kier alpha value is -3.00. The van der Waals surface area contributed by atoms with Crippen molar-refractivity contribution in [3.05, 3.63) is 53.5 Å². The summed E-state index contributed by atoms with van der Waals surface area (Å²) in [4.78, 5) is 30.2. The third kappa shape index (κ3) is 3.82. The number of piperidine rings is 3. The standard InChI is InChI=1S/C20H21FN4O3/c21-14-9-16(20(27)28)18(22-10-14)23-15-3-1-2-13(8-15)19(26)24-17-11-25-6-4-12(17)5-7-25/h1-3,8-10,12,17H,4-7,11H2,(H,22,23)(H,24,26)(H,27,28). The molecule has 0 saturated carbocycles. The number of pyridine rings is 1. The summed E-state index contributed by atoms with van der Waals surface area (Å²) in [5.41, 5.74) is 0.700. The van der Waals surface area contributed by atoms with E-state index in [1.165, 1.54) is 0 Å². The van der Waals surface area contributed by atoms with Crippen LogP contribution in [-0.2, 0) is 0 Å². The Bertz CT molecular complexity index is 912. The first-order valence-corrected chi connectivity index (χ1v) is 9.29. The summed E-state index contributed by atoms with van der Waals surface area (Å²) in [5, 5.41) is 15.2. The molecule has 146 valence electrons. The number of amides is 1. The van der Waals surface area contributed by atoms with Gasteiger partial charge >= 0.3 is 5.97 Å². The van der Waals surface area contributed by atoms with Crippen molar-refractivity contribution >= 4 is 23.4 Å². The number of fused-ring (bicyclic) bond motifs is 3. The summed E-state index contributed by atoms with van der Waals surface area (Å²) < 4.78 is 13.3. The van der Waals surface area contributed by atoms with Gasteiger partial charge in [-0.15, -0.1) is 0 Å². The SMILES string of the molecule is O=C(NC1CN2CCC1CC2)c1cccc(Nc2ncc(F)cc2C(=O)O)c1. The van der Waals surface area contributed by atoms with Gasteiger partial charge in [0.1, 0.15) is 17.2 Å². The maximum absolute atomic E-state index is 13.3. The van der Waals surface area contributed by atoms with Crippen LogP contribution in [0.15, 0.2) is 36.5 Å². The average Bonchev–Trinajstić information content (AvgIpc) is 2.70. The van der Waals surface area contributed by atoms with Gasteiger partial charge in [-0.2, -0.15) is 0 Å². The minimum absolute atomic E-state index is 0.0175. The molecule has 3 aliphatic heterocycles. The maximum Gasteiger partial charge on any atom is 0.339 e. The summed E-state index contributed by atoms with van der Waals surface area (Å²) in [6.07, 6.45) is 3.17. The van der Waals surface area contributed by atoms with E-state index in [0.717, 1.165) is 44.7 Å². The van der Waals surface area contributed by atoms with Crippen LogP contribution in [0.5, 0.6) is 0 Å². The number of benzene rings is 1. The molecule has 8 heteroatoms. The van der Waals surface area contributed by atoms with E-state index in [1.54, 1.807) is 24.3 Å². The molecule has 1 amide bonds. The number of hydrogen-bond acceptors (Lipinski definition) is 5. The molecule has 5 rings (SSSR count). The van der Waals surface area contributed by atoms with Gasteiger partial charge in [0, 0.05) is 23.8 Å². The monoisotopic (exact) mass is 384 g/mol. The summed E-state index contributed by atoms with van der Waals surface area (Å²) in [6, 6.07) is 7.80. The van der Waals surface area contributed by atoms with Crippen LogP contribution in [0.4, 0.5) is 15.9 Å². The zero-order chi connectivity index (χ0) is 19.7. The Balaban J connectivity index is 1.49. The molecule has 2 bridgehead atoms. The van der Waals surface area contributed by atoms with E-state index in [1.807, 2.05) is 0 Å². The van der Waals surface area contributed by atoms with Crippen molar-refractivity contribution in [2.24, 2.45) is 5.92 Å². The molecule has 28 heavy (non-hydrogen) atoms. The predicted molar refractivity (Wildman–Crippen MR) is 101 cm³/mol. The van der Waals surface area contributed by atoms with Crippen molar-refractivity contribution in [2.75, 3.05) is 25.0 Å². The fourth-order valence-corrected chi connectivity index (χ4v) is 3.96. The van der Waals surface area contributed by atoms with Crippen LogP contribution in [0.3, 0.4) is 0 Å². The molecule has 3 saturated heterocycles. The molecular weight excluding hydrogens is 363 g/mol. The first kappa shape index (κ1) is 18.4. The Labute approximate surface area is 161 Å². The molecule has 3 fully saturated rings. The van der Waals surface area contributed by atoms with E-state index >= 15 is 0 Å². The number of aromatic nitrogens is 1. The molecule has 1 aromatic carbocycles. The van der Waals surface area contributed by atoms with Gasteiger partial charge in [-0.1, -0.05) is 6.07 Å². The lowest BCUT2D eigenvalue weighted by Gasteiger charge is -2.44. The van der Waals surface area contributed by atoms with Crippen molar-refractivity contribution in [1.82, 2.24) is 15.2 Å². The van der Waals surface area contributed by atoms with E-state index < -0.39 is 11.8 Å². The Morgan fingerprint density at radius 2 is 2.00 bits per heavy atom. The summed E-state index contributed by atoms with van der Waals surface area (Å²) in [6.45, 7) is 3.09. The normalized spacial score (nSPS) is 23.2. The number of nitrogens with one attached hydrogen (secondary N) is 2. The van der Waals surface area contributed by atoms with E-state index in [2.05, 4.69) is 20.5 Å². The number of hydrogen-bond donors (Lipinski definition) is 3. The number of carboxylic acid groups (broad SMARTS) is 1. The van der Waals surface area contributed by atoms with Gasteiger partial charge < -0.3 is 20.6 Å². The Morgan fingerprint density at radius 3 is 2.68 bits per heavy atom. The second-order valence-electron chi connectivity index (χ2n) is 7.28. The topological polar surface area (TPSA) is 94.6 Å². The molecule has 7 nitrogen and oxygen atoms in total. The smallest absolute Gasteiger partial charge is 0.339 e. The molecule has 1 atom stereocenters. The van der Waals surface area contributed by atoms with Gasteiger partial charge in [-0.25, -0.2) is 14.2 Å². The molecule has 1 unspecified atom stereocenters. The van der Waals surface area contributed by atoms with Crippen molar-refractivity contribution in [3.8, 4) is 0 Å². The van der Waals surface area contributed by atoms with Crippen LogP contribution in [0.25, 0.3) is 0 Å². The number of rotatable bonds is 5. The van der Waals surface area contributed by atoms with E-state index in [0.29, 0.717) is 17.2 Å². The summed E-state index contributed by atoms with van der Waals surface area (Å²) in [5.74, 6) is -1.63. The lowest BCUT2D eigenvalue weighted by Crippen LogP contribution is -2.57. The third-order valence-electron chi connectivity index (χ3n) is 5.44. The lowest BCUT2D eigenvalue weighted by atomic mass is 9.84. The van der Waals surface area contributed by atoms with Crippen LogP contribution >= 0.6 is 0 Å². The molecule has 2 aromatic rings. The van der Waals surface area contributed by atoms with Crippen LogP contribution in [0, 0.1) is 11.7 Å². The van der Waals surface area contributed by atoms with Crippen LogP contribution in [0.1, 0.15) is 33.6 Å². The van der Waals surface area contributed by atoms with Gasteiger partial charge in [0.15, 0.2) is 0 Å². The van der Waals surface area contributed by atoms with Gasteiger partial charge in [-0.05, 0) is 56.1 Å². The maximum atomic E-state index is 13.3. The fourth-order valence-electron chi connectivity index (χ4n) is 3.96. The minimum Gasteiger partial charge on any atom is -0.478 e. The number of carboxylic acids is 1. The second kappa shape index (κ2) is 7.55. The van der Waals surface area contributed by atoms with Gasteiger partial charge in [0.25, 0.3) is 5.91 Å².